The largest absolute Gasteiger partial charge is 0.453 e. The predicted octanol–water partition coefficient (Wildman–Crippen LogP) is 2.13. The van der Waals surface area contributed by atoms with E-state index in [1.165, 1.54) is 6.07 Å². The first-order chi connectivity index (χ1) is 8.52. The molecule has 1 N–H and O–H groups in total. The highest BCUT2D eigenvalue weighted by molar-refractivity contribution is 5.44. The van der Waals surface area contributed by atoms with Crippen molar-refractivity contribution in [1.29, 1.82) is 0 Å². The van der Waals surface area contributed by atoms with Crippen molar-refractivity contribution >= 4 is 11.5 Å². The molecule has 0 amide bonds. The maximum atomic E-state index is 12.6. The second-order valence-corrected chi connectivity index (χ2v) is 3.51. The first-order valence-corrected chi connectivity index (χ1v) is 5.17. The van der Waals surface area contributed by atoms with Gasteiger partial charge in [0.25, 0.3) is 5.82 Å². The summed E-state index contributed by atoms with van der Waals surface area (Å²) in [5.74, 6) is -0.806. The lowest BCUT2D eigenvalue weighted by atomic mass is 10.4. The maximum Gasteiger partial charge on any atom is 0.453 e. The van der Waals surface area contributed by atoms with Gasteiger partial charge in [-0.1, -0.05) is 6.08 Å². The fourth-order valence-electron chi connectivity index (χ4n) is 1.36. The van der Waals surface area contributed by atoms with Gasteiger partial charge in [0.1, 0.15) is 5.82 Å². The van der Waals surface area contributed by atoms with Crippen LogP contribution in [-0.4, -0.2) is 26.4 Å². The van der Waals surface area contributed by atoms with Crippen LogP contribution in [0.3, 0.4) is 0 Å². The smallest absolute Gasteiger partial charge is 0.368 e. The minimum absolute atomic E-state index is 0.0524. The van der Waals surface area contributed by atoms with E-state index < -0.39 is 12.0 Å². The van der Waals surface area contributed by atoms with Gasteiger partial charge in [0.05, 0.1) is 0 Å². The van der Waals surface area contributed by atoms with Gasteiger partial charge in [-0.15, -0.1) is 21.9 Å². The van der Waals surface area contributed by atoms with E-state index in [-0.39, 0.29) is 5.65 Å². The molecule has 0 atom stereocenters. The summed E-state index contributed by atoms with van der Waals surface area (Å²) in [6.45, 7) is 4.09. The second kappa shape index (κ2) is 4.63. The molecule has 0 saturated heterocycles. The van der Waals surface area contributed by atoms with E-state index in [1.54, 1.807) is 12.1 Å². The van der Waals surface area contributed by atoms with Crippen molar-refractivity contribution < 1.29 is 13.2 Å². The Morgan fingerprint density at radius 1 is 1.33 bits per heavy atom. The van der Waals surface area contributed by atoms with E-state index in [2.05, 4.69) is 27.2 Å². The molecule has 0 aliphatic heterocycles. The highest BCUT2D eigenvalue weighted by Gasteiger charge is 2.37. The van der Waals surface area contributed by atoms with Gasteiger partial charge in [-0.2, -0.15) is 17.7 Å². The molecule has 96 valence electrons. The molecule has 0 saturated carbocycles. The number of fused-ring (bicyclic) bond motifs is 1. The zero-order chi connectivity index (χ0) is 13.2. The Hall–Kier alpha value is -2.12. The van der Waals surface area contributed by atoms with Crippen molar-refractivity contribution in [2.45, 2.75) is 12.6 Å². The average Bonchev–Trinajstić information content (AvgIpc) is 2.72. The summed E-state index contributed by atoms with van der Waals surface area (Å²) in [5, 5.41) is 13.2. The van der Waals surface area contributed by atoms with Crippen LogP contribution in [-0.2, 0) is 6.18 Å². The first kappa shape index (κ1) is 12.3. The van der Waals surface area contributed by atoms with E-state index >= 15 is 0 Å². The van der Waals surface area contributed by atoms with E-state index in [4.69, 9.17) is 0 Å². The van der Waals surface area contributed by atoms with Gasteiger partial charge in [-0.05, 0) is 18.6 Å². The zero-order valence-corrected chi connectivity index (χ0v) is 9.28. The fourth-order valence-corrected chi connectivity index (χ4v) is 1.36. The number of hydrogen-bond donors (Lipinski definition) is 1. The maximum absolute atomic E-state index is 12.6. The molecule has 5 nitrogen and oxygen atoms in total. The Labute approximate surface area is 100 Å². The van der Waals surface area contributed by atoms with Gasteiger partial charge in [0.15, 0.2) is 5.65 Å². The Bertz CT molecular complexity index is 560. The van der Waals surface area contributed by atoms with E-state index in [0.717, 1.165) is 0 Å². The van der Waals surface area contributed by atoms with Crippen LogP contribution >= 0.6 is 0 Å². The average molecular weight is 257 g/mol. The summed E-state index contributed by atoms with van der Waals surface area (Å²) in [6.07, 6.45) is -2.19. The highest BCUT2D eigenvalue weighted by atomic mass is 19.4. The molecule has 0 fully saturated rings. The van der Waals surface area contributed by atoms with Crippen molar-refractivity contribution in [3.8, 4) is 0 Å². The normalized spacial score (nSPS) is 11.7. The lowest BCUT2D eigenvalue weighted by Gasteiger charge is -2.06. The Morgan fingerprint density at radius 2 is 2.11 bits per heavy atom. The molecule has 2 rings (SSSR count). The highest BCUT2D eigenvalue weighted by Crippen LogP contribution is 2.27. The van der Waals surface area contributed by atoms with Gasteiger partial charge in [-0.3, -0.25) is 0 Å². The molecule has 8 heteroatoms. The molecule has 2 aromatic rings. The molecule has 0 radical (unpaired) electrons. The molecular weight excluding hydrogens is 247 g/mol. The first-order valence-electron chi connectivity index (χ1n) is 5.17. The van der Waals surface area contributed by atoms with E-state index in [9.17, 15) is 13.2 Å². The van der Waals surface area contributed by atoms with Crippen LogP contribution in [0.15, 0.2) is 24.8 Å². The summed E-state index contributed by atoms with van der Waals surface area (Å²) in [7, 11) is 0. The van der Waals surface area contributed by atoms with Crippen LogP contribution in [0.5, 0.6) is 0 Å². The third kappa shape index (κ3) is 2.41. The van der Waals surface area contributed by atoms with E-state index in [1.807, 2.05) is 0 Å². The van der Waals surface area contributed by atoms with Crippen molar-refractivity contribution in [2.75, 3.05) is 11.9 Å². The SMILES string of the molecule is C=CCCNc1ccc2nnc(C(F)(F)F)n2n1. The zero-order valence-electron chi connectivity index (χ0n) is 9.28. The lowest BCUT2D eigenvalue weighted by Crippen LogP contribution is -2.13. The minimum Gasteiger partial charge on any atom is -0.368 e. The lowest BCUT2D eigenvalue weighted by molar-refractivity contribution is -0.146. The van der Waals surface area contributed by atoms with Crippen molar-refractivity contribution in [3.63, 3.8) is 0 Å². The number of aromatic nitrogens is 4. The number of halogens is 3. The van der Waals surface area contributed by atoms with Gasteiger partial charge in [0.2, 0.25) is 0 Å². The van der Waals surface area contributed by atoms with Crippen LogP contribution in [0, 0.1) is 0 Å². The number of rotatable bonds is 4. The Morgan fingerprint density at radius 3 is 2.78 bits per heavy atom. The Balaban J connectivity index is 2.33. The minimum atomic E-state index is -4.58. The summed E-state index contributed by atoms with van der Waals surface area (Å²) >= 11 is 0. The third-order valence-corrected chi connectivity index (χ3v) is 2.17. The number of hydrogen-bond acceptors (Lipinski definition) is 4. The molecule has 0 aliphatic carbocycles. The molecule has 0 aromatic carbocycles. The van der Waals surface area contributed by atoms with E-state index in [0.29, 0.717) is 23.3 Å². The molecule has 2 heterocycles. The summed E-state index contributed by atoms with van der Waals surface area (Å²) in [6, 6.07) is 2.97. The molecule has 18 heavy (non-hydrogen) atoms. The second-order valence-electron chi connectivity index (χ2n) is 3.51. The standard InChI is InChI=1S/C10H10F3N5/c1-2-3-6-14-7-4-5-8-15-16-9(10(11,12)13)18(8)17-7/h2,4-5H,1,3,6H2,(H,14,17). The number of anilines is 1. The molecular formula is C10H10F3N5. The third-order valence-electron chi connectivity index (χ3n) is 2.17. The van der Waals surface area contributed by atoms with Gasteiger partial charge >= 0.3 is 6.18 Å². The quantitative estimate of drug-likeness (QED) is 0.673. The fraction of sp³-hybridized carbons (Fsp3) is 0.300. The summed E-state index contributed by atoms with van der Waals surface area (Å²) in [4.78, 5) is 0. The van der Waals surface area contributed by atoms with Crippen molar-refractivity contribution in [2.24, 2.45) is 0 Å². The molecule has 0 aliphatic rings. The monoisotopic (exact) mass is 257 g/mol. The van der Waals surface area contributed by atoms with Crippen LogP contribution in [0.2, 0.25) is 0 Å². The molecule has 2 aromatic heterocycles. The number of nitrogens with zero attached hydrogens (tertiary/aromatic N) is 4. The van der Waals surface area contributed by atoms with Gasteiger partial charge in [0, 0.05) is 6.54 Å². The molecule has 0 bridgehead atoms. The molecule has 0 unspecified atom stereocenters. The van der Waals surface area contributed by atoms with Crippen LogP contribution < -0.4 is 5.32 Å². The van der Waals surface area contributed by atoms with Crippen LogP contribution in [0.4, 0.5) is 19.0 Å². The van der Waals surface area contributed by atoms with Crippen molar-refractivity contribution in [1.82, 2.24) is 19.8 Å². The van der Waals surface area contributed by atoms with Crippen molar-refractivity contribution in [3.05, 3.63) is 30.6 Å². The van der Waals surface area contributed by atoms with Gasteiger partial charge in [-0.25, -0.2) is 0 Å². The van der Waals surface area contributed by atoms with Gasteiger partial charge < -0.3 is 5.32 Å². The number of nitrogens with one attached hydrogen (secondary N) is 1. The summed E-state index contributed by atoms with van der Waals surface area (Å²) in [5.41, 5.74) is 0.0524. The number of alkyl halides is 3. The predicted molar refractivity (Wildman–Crippen MR) is 59.1 cm³/mol. The topological polar surface area (TPSA) is 55.1 Å². The Kier molecular flexibility index (Phi) is 3.17. The molecule has 0 spiro atoms. The summed E-state index contributed by atoms with van der Waals surface area (Å²) < 4.78 is 38.5. The van der Waals surface area contributed by atoms with Crippen LogP contribution in [0.25, 0.3) is 5.65 Å². The van der Waals surface area contributed by atoms with Crippen LogP contribution in [0.1, 0.15) is 12.2 Å².